The minimum Gasteiger partial charge on any atom is -0.461 e. The zero-order chi connectivity index (χ0) is 12.8. The number of ether oxygens (including phenoxy) is 1. The van der Waals surface area contributed by atoms with Gasteiger partial charge in [0, 0.05) is 0 Å². The van der Waals surface area contributed by atoms with Crippen LogP contribution in [0.25, 0.3) is 4.91 Å². The minimum atomic E-state index is -0.941. The van der Waals surface area contributed by atoms with Gasteiger partial charge in [0.15, 0.2) is 0 Å². The number of hydrogen-bond donors (Lipinski definition) is 0. The van der Waals surface area contributed by atoms with Crippen LogP contribution < -0.4 is 0 Å². The summed E-state index contributed by atoms with van der Waals surface area (Å²) in [6.45, 7) is 0. The van der Waals surface area contributed by atoms with Gasteiger partial charge in [-0.25, -0.2) is 4.79 Å². The van der Waals surface area contributed by atoms with Crippen LogP contribution in [0.2, 0.25) is 0 Å². The highest BCUT2D eigenvalue weighted by atomic mass is 32.2. The van der Waals surface area contributed by atoms with Gasteiger partial charge in [-0.1, -0.05) is 30.3 Å². The molecule has 0 saturated carbocycles. The standard InChI is InChI=1S/C11H11NO4S/c1-16-11(13)9(12(14)15)10(17-2)8-6-4-3-5-7-8/h3-7H,1-2H3. The lowest BCUT2D eigenvalue weighted by molar-refractivity contribution is -0.419. The predicted molar refractivity (Wildman–Crippen MR) is 65.9 cm³/mol. The molecule has 0 radical (unpaired) electrons. The van der Waals surface area contributed by atoms with Crippen LogP contribution in [0.4, 0.5) is 0 Å². The Kier molecular flexibility index (Phi) is 4.71. The van der Waals surface area contributed by atoms with Gasteiger partial charge < -0.3 is 4.74 Å². The summed E-state index contributed by atoms with van der Waals surface area (Å²) >= 11 is 1.14. The summed E-state index contributed by atoms with van der Waals surface area (Å²) in [7, 11) is 1.12. The van der Waals surface area contributed by atoms with Gasteiger partial charge in [0.2, 0.25) is 0 Å². The number of benzene rings is 1. The molecule has 1 rings (SSSR count). The van der Waals surface area contributed by atoms with Crippen molar-refractivity contribution in [2.24, 2.45) is 0 Å². The van der Waals surface area contributed by atoms with E-state index in [2.05, 4.69) is 4.74 Å². The lowest BCUT2D eigenvalue weighted by Crippen LogP contribution is -2.14. The number of hydrogen-bond acceptors (Lipinski definition) is 5. The molecule has 6 heteroatoms. The zero-order valence-electron chi connectivity index (χ0n) is 9.38. The number of nitrogens with zero attached hydrogens (tertiary/aromatic N) is 1. The van der Waals surface area contributed by atoms with Gasteiger partial charge in [0.1, 0.15) is 4.91 Å². The van der Waals surface area contributed by atoms with E-state index in [4.69, 9.17) is 0 Å². The molecule has 0 N–H and O–H groups in total. The SMILES string of the molecule is COC(=O)C(=C(SC)c1ccccc1)[N+](=O)[O-]. The Morgan fingerprint density at radius 3 is 2.35 bits per heavy atom. The van der Waals surface area contributed by atoms with E-state index in [1.54, 1.807) is 36.6 Å². The van der Waals surface area contributed by atoms with Crippen LogP contribution in [0.1, 0.15) is 5.56 Å². The third-order valence-corrected chi connectivity index (χ3v) is 2.85. The molecular formula is C11H11NO4S. The summed E-state index contributed by atoms with van der Waals surface area (Å²) in [5, 5.41) is 10.9. The van der Waals surface area contributed by atoms with E-state index in [0.717, 1.165) is 18.9 Å². The fraction of sp³-hybridized carbons (Fsp3) is 0.182. The van der Waals surface area contributed by atoms with Crippen LogP contribution in [-0.2, 0) is 9.53 Å². The summed E-state index contributed by atoms with van der Waals surface area (Å²) in [4.78, 5) is 21.9. The first-order chi connectivity index (χ1) is 8.11. The van der Waals surface area contributed by atoms with Gasteiger partial charge in [-0.15, -0.1) is 11.8 Å². The topological polar surface area (TPSA) is 69.4 Å². The average molecular weight is 253 g/mol. The van der Waals surface area contributed by atoms with Crippen molar-refractivity contribution in [3.8, 4) is 0 Å². The molecule has 0 aromatic heterocycles. The van der Waals surface area contributed by atoms with Crippen molar-refractivity contribution in [1.29, 1.82) is 0 Å². The molecule has 90 valence electrons. The second-order valence-corrected chi connectivity index (χ2v) is 3.81. The van der Waals surface area contributed by atoms with Crippen molar-refractivity contribution in [1.82, 2.24) is 0 Å². The van der Waals surface area contributed by atoms with Crippen molar-refractivity contribution >= 4 is 22.6 Å². The Morgan fingerprint density at radius 1 is 1.35 bits per heavy atom. The molecule has 1 aromatic carbocycles. The number of esters is 1. The van der Waals surface area contributed by atoms with Crippen molar-refractivity contribution in [3.63, 3.8) is 0 Å². The van der Waals surface area contributed by atoms with Gasteiger partial charge in [0.25, 0.3) is 0 Å². The van der Waals surface area contributed by atoms with Crippen LogP contribution in [0.3, 0.4) is 0 Å². The minimum absolute atomic E-state index is 0.294. The van der Waals surface area contributed by atoms with Crippen molar-refractivity contribution in [2.75, 3.05) is 13.4 Å². The Morgan fingerprint density at radius 2 is 1.94 bits per heavy atom. The quantitative estimate of drug-likeness (QED) is 0.356. The highest BCUT2D eigenvalue weighted by Crippen LogP contribution is 2.29. The number of nitro groups is 1. The third-order valence-electron chi connectivity index (χ3n) is 2.02. The predicted octanol–water partition coefficient (Wildman–Crippen LogP) is 2.17. The Labute approximate surface area is 103 Å². The fourth-order valence-corrected chi connectivity index (χ4v) is 2.01. The monoisotopic (exact) mass is 253 g/mol. The number of thioether (sulfide) groups is 1. The summed E-state index contributed by atoms with van der Waals surface area (Å²) in [5.74, 6) is -0.941. The molecule has 0 aliphatic carbocycles. The number of methoxy groups -OCH3 is 1. The first-order valence-electron chi connectivity index (χ1n) is 4.68. The van der Waals surface area contributed by atoms with Gasteiger partial charge in [-0.2, -0.15) is 0 Å². The molecule has 0 aliphatic rings. The van der Waals surface area contributed by atoms with Crippen molar-refractivity contribution in [2.45, 2.75) is 0 Å². The molecule has 0 amide bonds. The second-order valence-electron chi connectivity index (χ2n) is 3.00. The maximum atomic E-state index is 11.4. The second kappa shape index (κ2) is 6.05. The summed E-state index contributed by atoms with van der Waals surface area (Å²) in [5.41, 5.74) is 0.0864. The molecule has 5 nitrogen and oxygen atoms in total. The van der Waals surface area contributed by atoms with Crippen LogP contribution in [0.5, 0.6) is 0 Å². The smallest absolute Gasteiger partial charge is 0.410 e. The van der Waals surface area contributed by atoms with Crippen LogP contribution >= 0.6 is 11.8 Å². The van der Waals surface area contributed by atoms with E-state index in [9.17, 15) is 14.9 Å². The molecule has 0 atom stereocenters. The first-order valence-corrected chi connectivity index (χ1v) is 5.90. The fourth-order valence-electron chi connectivity index (χ4n) is 1.29. The van der Waals surface area contributed by atoms with E-state index in [1.807, 2.05) is 0 Å². The maximum Gasteiger partial charge on any atom is 0.410 e. The summed E-state index contributed by atoms with van der Waals surface area (Å²) in [6, 6.07) is 8.71. The Bertz CT molecular complexity index is 456. The number of carbonyl (C=O) groups is 1. The molecule has 0 bridgehead atoms. The van der Waals surface area contributed by atoms with Crippen LogP contribution in [0.15, 0.2) is 36.0 Å². The molecule has 17 heavy (non-hydrogen) atoms. The Hall–Kier alpha value is -1.82. The molecule has 0 spiro atoms. The third kappa shape index (κ3) is 3.07. The van der Waals surface area contributed by atoms with E-state index in [1.165, 1.54) is 0 Å². The molecule has 0 unspecified atom stereocenters. The largest absolute Gasteiger partial charge is 0.461 e. The van der Waals surface area contributed by atoms with Gasteiger partial charge in [0.05, 0.1) is 12.0 Å². The van der Waals surface area contributed by atoms with Crippen LogP contribution in [0, 0.1) is 10.1 Å². The number of rotatable bonds is 4. The normalized spacial score (nSPS) is 11.6. The van der Waals surface area contributed by atoms with Gasteiger partial charge in [-0.05, 0) is 11.8 Å². The number of carbonyl (C=O) groups excluding carboxylic acids is 1. The molecule has 0 saturated heterocycles. The lowest BCUT2D eigenvalue weighted by atomic mass is 10.2. The molecule has 0 aliphatic heterocycles. The van der Waals surface area contributed by atoms with Gasteiger partial charge >= 0.3 is 11.7 Å². The van der Waals surface area contributed by atoms with Crippen molar-refractivity contribution < 1.29 is 14.5 Å². The summed E-state index contributed by atoms with van der Waals surface area (Å²) in [6.07, 6.45) is 1.68. The molecular weight excluding hydrogens is 242 g/mol. The van der Waals surface area contributed by atoms with Crippen LogP contribution in [-0.4, -0.2) is 24.3 Å². The van der Waals surface area contributed by atoms with Gasteiger partial charge in [-0.3, -0.25) is 10.1 Å². The van der Waals surface area contributed by atoms with E-state index in [0.29, 0.717) is 10.5 Å². The zero-order valence-corrected chi connectivity index (χ0v) is 10.2. The van der Waals surface area contributed by atoms with E-state index < -0.39 is 16.6 Å². The summed E-state index contributed by atoms with van der Waals surface area (Å²) < 4.78 is 4.43. The maximum absolute atomic E-state index is 11.4. The Balaban J connectivity index is 3.37. The van der Waals surface area contributed by atoms with E-state index in [-0.39, 0.29) is 0 Å². The highest BCUT2D eigenvalue weighted by Gasteiger charge is 2.29. The molecule has 1 aromatic rings. The van der Waals surface area contributed by atoms with Crippen molar-refractivity contribution in [3.05, 3.63) is 51.7 Å². The first kappa shape index (κ1) is 13.2. The lowest BCUT2D eigenvalue weighted by Gasteiger charge is -2.05. The highest BCUT2D eigenvalue weighted by molar-refractivity contribution is 8.07. The molecule has 0 fully saturated rings. The van der Waals surface area contributed by atoms with E-state index >= 15 is 0 Å². The average Bonchev–Trinajstić information content (AvgIpc) is 2.35. The molecule has 0 heterocycles.